The first kappa shape index (κ1) is 23.0. The quantitative estimate of drug-likeness (QED) is 0.298. The first-order valence-corrected chi connectivity index (χ1v) is 13.0. The maximum atomic E-state index is 5.26. The van der Waals surface area contributed by atoms with Crippen LogP contribution in [-0.4, -0.2) is 29.9 Å². The second-order valence-corrected chi connectivity index (χ2v) is 9.62. The number of rotatable bonds is 3. The molecule has 1 aliphatic heterocycles. The van der Waals surface area contributed by atoms with Crippen molar-refractivity contribution in [2.45, 2.75) is 17.8 Å². The van der Waals surface area contributed by atoms with Crippen molar-refractivity contribution in [2.24, 2.45) is 0 Å². The summed E-state index contributed by atoms with van der Waals surface area (Å²) in [5.41, 5.74) is 8.58. The van der Waals surface area contributed by atoms with E-state index in [4.69, 9.17) is 15.0 Å². The van der Waals surface area contributed by atoms with Crippen LogP contribution < -0.4 is 0 Å². The molecule has 186 valence electrons. The van der Waals surface area contributed by atoms with Crippen LogP contribution in [0.25, 0.3) is 0 Å². The summed E-state index contributed by atoms with van der Waals surface area (Å²) in [5.74, 6) is -0.560. The van der Waals surface area contributed by atoms with Gasteiger partial charge in [-0.25, -0.2) is 0 Å². The molecule has 0 aliphatic carbocycles. The molecule has 7 rings (SSSR count). The fourth-order valence-electron chi connectivity index (χ4n) is 5.49. The van der Waals surface area contributed by atoms with Crippen molar-refractivity contribution in [3.63, 3.8) is 0 Å². The van der Waals surface area contributed by atoms with Crippen molar-refractivity contribution in [2.75, 3.05) is 0 Å². The molecule has 6 aromatic heterocycles. The molecule has 0 spiro atoms. The fraction of sp³-hybridized carbons (Fsp3) is 0.0909. The molecule has 0 aromatic carbocycles. The maximum absolute atomic E-state index is 5.26. The lowest BCUT2D eigenvalue weighted by Gasteiger charge is -2.25. The van der Waals surface area contributed by atoms with Crippen LogP contribution >= 0.6 is 0 Å². The standard InChI is InChI=1S/C33H24N6/c1-10-25-31(22-7-4-16-34-19-22)27-12-2-14-29(38-27)33(24-9-6-18-36-21-24)30-15-3-13-28(39-30)32(26(11-1)37-25)23-8-5-17-35-20-23/h1-21,31-33H. The van der Waals surface area contributed by atoms with Gasteiger partial charge in [0.2, 0.25) is 0 Å². The number of hydrogen-bond acceptors (Lipinski definition) is 6. The Balaban J connectivity index is 1.55. The molecule has 0 N–H and O–H groups in total. The molecule has 0 amide bonds. The molecule has 7 heterocycles. The van der Waals surface area contributed by atoms with Crippen molar-refractivity contribution < 1.29 is 0 Å². The van der Waals surface area contributed by atoms with Crippen molar-refractivity contribution in [3.8, 4) is 0 Å². The molecule has 6 bridgehead atoms. The summed E-state index contributed by atoms with van der Waals surface area (Å²) in [6, 6.07) is 30.8. The first-order valence-electron chi connectivity index (χ1n) is 13.0. The summed E-state index contributed by atoms with van der Waals surface area (Å²) in [4.78, 5) is 29.1. The Hall–Kier alpha value is -5.10. The van der Waals surface area contributed by atoms with E-state index in [-0.39, 0.29) is 17.8 Å². The highest BCUT2D eigenvalue weighted by molar-refractivity contribution is 5.45. The maximum Gasteiger partial charge on any atom is 0.0701 e. The molecule has 39 heavy (non-hydrogen) atoms. The Labute approximate surface area is 226 Å². The minimum atomic E-state index is -0.187. The summed E-state index contributed by atoms with van der Waals surface area (Å²) in [6.45, 7) is 0. The zero-order valence-electron chi connectivity index (χ0n) is 21.0. The minimum absolute atomic E-state index is 0.187. The monoisotopic (exact) mass is 504 g/mol. The van der Waals surface area contributed by atoms with Gasteiger partial charge in [-0.3, -0.25) is 29.9 Å². The van der Waals surface area contributed by atoms with Gasteiger partial charge in [0.05, 0.1) is 51.9 Å². The average Bonchev–Trinajstić information content (AvgIpc) is 3.00. The predicted octanol–water partition coefficient (Wildman–Crippen LogP) is 5.91. The molecule has 6 aromatic rings. The lowest BCUT2D eigenvalue weighted by Crippen LogP contribution is -2.17. The van der Waals surface area contributed by atoms with Crippen molar-refractivity contribution in [3.05, 3.63) is 179 Å². The molecule has 0 saturated heterocycles. The van der Waals surface area contributed by atoms with Crippen LogP contribution in [0, 0.1) is 0 Å². The van der Waals surface area contributed by atoms with Gasteiger partial charge in [0, 0.05) is 37.2 Å². The van der Waals surface area contributed by atoms with E-state index in [1.54, 1.807) is 18.6 Å². The summed E-state index contributed by atoms with van der Waals surface area (Å²) in [6.07, 6.45) is 11.1. The Morgan fingerprint density at radius 2 is 0.615 bits per heavy atom. The highest BCUT2D eigenvalue weighted by atomic mass is 14.8. The average molecular weight is 505 g/mol. The molecule has 0 unspecified atom stereocenters. The van der Waals surface area contributed by atoms with E-state index in [0.717, 1.165) is 50.9 Å². The van der Waals surface area contributed by atoms with Gasteiger partial charge in [-0.1, -0.05) is 36.4 Å². The van der Waals surface area contributed by atoms with Gasteiger partial charge < -0.3 is 0 Å². The van der Waals surface area contributed by atoms with Crippen LogP contribution in [-0.2, 0) is 0 Å². The van der Waals surface area contributed by atoms with E-state index in [0.29, 0.717) is 0 Å². The van der Waals surface area contributed by atoms with Gasteiger partial charge in [-0.2, -0.15) is 0 Å². The number of pyridine rings is 6. The Morgan fingerprint density at radius 1 is 0.333 bits per heavy atom. The summed E-state index contributed by atoms with van der Waals surface area (Å²) < 4.78 is 0. The third kappa shape index (κ3) is 4.36. The van der Waals surface area contributed by atoms with E-state index in [2.05, 4.69) is 87.7 Å². The molecule has 1 aliphatic rings. The number of fused-ring (bicyclic) bond motifs is 6. The topological polar surface area (TPSA) is 77.3 Å². The van der Waals surface area contributed by atoms with Crippen molar-refractivity contribution in [1.29, 1.82) is 0 Å². The third-order valence-electron chi connectivity index (χ3n) is 7.20. The number of aromatic nitrogens is 6. The normalized spacial score (nSPS) is 18.0. The third-order valence-corrected chi connectivity index (χ3v) is 7.20. The molecular weight excluding hydrogens is 480 g/mol. The number of nitrogens with zero attached hydrogens (tertiary/aromatic N) is 6. The Kier molecular flexibility index (Phi) is 5.90. The van der Waals surface area contributed by atoms with Crippen LogP contribution in [0.3, 0.4) is 0 Å². The van der Waals surface area contributed by atoms with E-state index in [1.807, 2.05) is 36.8 Å². The Bertz CT molecular complexity index is 1460. The molecule has 6 heteroatoms. The molecule has 6 nitrogen and oxygen atoms in total. The van der Waals surface area contributed by atoms with Gasteiger partial charge in [-0.05, 0) is 71.3 Å². The van der Waals surface area contributed by atoms with E-state index in [9.17, 15) is 0 Å². The zero-order chi connectivity index (χ0) is 26.0. The lowest BCUT2D eigenvalue weighted by molar-refractivity contribution is 0.767. The Morgan fingerprint density at radius 3 is 0.846 bits per heavy atom. The van der Waals surface area contributed by atoms with Gasteiger partial charge in [0.1, 0.15) is 0 Å². The molecule has 0 radical (unpaired) electrons. The minimum Gasteiger partial charge on any atom is -0.264 e. The molecule has 0 saturated carbocycles. The van der Waals surface area contributed by atoms with Gasteiger partial charge in [-0.15, -0.1) is 0 Å². The summed E-state index contributed by atoms with van der Waals surface area (Å²) in [5, 5.41) is 0. The fourth-order valence-corrected chi connectivity index (χ4v) is 5.49. The van der Waals surface area contributed by atoms with Gasteiger partial charge in [0.25, 0.3) is 0 Å². The van der Waals surface area contributed by atoms with Crippen molar-refractivity contribution >= 4 is 0 Å². The van der Waals surface area contributed by atoms with Crippen LogP contribution in [0.4, 0.5) is 0 Å². The lowest BCUT2D eigenvalue weighted by atomic mass is 9.87. The SMILES string of the molecule is c1cncc(C2c3cccc(n3)C(c3cccnc3)c3cccc(n3)C(c3cccnc3)c3cccc2n3)c1. The predicted molar refractivity (Wildman–Crippen MR) is 148 cm³/mol. The van der Waals surface area contributed by atoms with Gasteiger partial charge in [0.15, 0.2) is 0 Å². The molecule has 0 atom stereocenters. The molecular formula is C33H24N6. The van der Waals surface area contributed by atoms with Crippen LogP contribution in [0.15, 0.2) is 128 Å². The smallest absolute Gasteiger partial charge is 0.0701 e. The second-order valence-electron chi connectivity index (χ2n) is 9.62. The van der Waals surface area contributed by atoms with Crippen LogP contribution in [0.5, 0.6) is 0 Å². The van der Waals surface area contributed by atoms with Crippen molar-refractivity contribution in [1.82, 2.24) is 29.9 Å². The zero-order valence-corrected chi connectivity index (χ0v) is 21.0. The van der Waals surface area contributed by atoms with Crippen LogP contribution in [0.1, 0.15) is 68.6 Å². The van der Waals surface area contributed by atoms with E-state index < -0.39 is 0 Å². The van der Waals surface area contributed by atoms with Gasteiger partial charge >= 0.3 is 0 Å². The largest absolute Gasteiger partial charge is 0.264 e. The highest BCUT2D eigenvalue weighted by Crippen LogP contribution is 2.37. The molecule has 0 fully saturated rings. The summed E-state index contributed by atoms with van der Waals surface area (Å²) in [7, 11) is 0. The summed E-state index contributed by atoms with van der Waals surface area (Å²) >= 11 is 0. The van der Waals surface area contributed by atoms with Crippen LogP contribution in [0.2, 0.25) is 0 Å². The first-order chi connectivity index (χ1) is 19.3. The van der Waals surface area contributed by atoms with E-state index >= 15 is 0 Å². The highest BCUT2D eigenvalue weighted by Gasteiger charge is 2.28. The number of hydrogen-bond donors (Lipinski definition) is 0. The second kappa shape index (κ2) is 9.99. The van der Waals surface area contributed by atoms with E-state index in [1.165, 1.54) is 0 Å².